The first-order valence-corrected chi connectivity index (χ1v) is 10.3. The number of carbonyl (C=O) groups excluding carboxylic acids is 1. The average Bonchev–Trinajstić information content (AvgIpc) is 3.02. The third-order valence-corrected chi connectivity index (χ3v) is 5.71. The summed E-state index contributed by atoms with van der Waals surface area (Å²) in [6, 6.07) is 20.9. The van der Waals surface area contributed by atoms with Crippen LogP contribution in [0.1, 0.15) is 57.6 Å². The van der Waals surface area contributed by atoms with E-state index in [2.05, 4.69) is 48.5 Å². The summed E-state index contributed by atoms with van der Waals surface area (Å²) in [6.45, 7) is 5.74. The zero-order chi connectivity index (χ0) is 19.7. The van der Waals surface area contributed by atoms with Crippen LogP contribution in [0.3, 0.4) is 0 Å². The molecule has 1 saturated carbocycles. The van der Waals surface area contributed by atoms with Gasteiger partial charge in [0.2, 0.25) is 0 Å². The highest BCUT2D eigenvalue weighted by molar-refractivity contribution is 5.98. The molecule has 2 aliphatic rings. The van der Waals surface area contributed by atoms with E-state index < -0.39 is 5.41 Å². The fourth-order valence-corrected chi connectivity index (χ4v) is 4.29. The molecule has 0 N–H and O–H groups in total. The van der Waals surface area contributed by atoms with Crippen molar-refractivity contribution in [2.24, 2.45) is 11.3 Å². The van der Waals surface area contributed by atoms with E-state index in [-0.39, 0.29) is 5.97 Å². The van der Waals surface area contributed by atoms with Gasteiger partial charge in [-0.05, 0) is 51.2 Å². The summed E-state index contributed by atoms with van der Waals surface area (Å²) in [7, 11) is 0. The quantitative estimate of drug-likeness (QED) is 0.564. The molecule has 2 nitrogen and oxygen atoms in total. The highest BCUT2D eigenvalue weighted by Gasteiger charge is 2.39. The molecule has 1 unspecified atom stereocenters. The van der Waals surface area contributed by atoms with Crippen LogP contribution in [0, 0.1) is 11.3 Å². The van der Waals surface area contributed by atoms with Crippen LogP contribution in [0.2, 0.25) is 0 Å². The fourth-order valence-electron chi connectivity index (χ4n) is 4.29. The minimum absolute atomic E-state index is 0.177. The Kier molecular flexibility index (Phi) is 4.97. The maximum Gasteiger partial charge on any atom is 0.316 e. The summed E-state index contributed by atoms with van der Waals surface area (Å²) in [5.74, 6) is 0.942. The van der Waals surface area contributed by atoms with Gasteiger partial charge >= 0.3 is 5.97 Å². The van der Waals surface area contributed by atoms with Crippen LogP contribution in [0.5, 0.6) is 0 Å². The third kappa shape index (κ3) is 3.44. The standard InChI is InChI=1S/C26H28O2/c1-26(2,3)25(27)28-24-22(18-12-6-4-7-13-18)20-16-10-11-17-21(20)23(24)19-14-8-5-9-15-19/h4-9,12-15,20H,10-11,16-17H2,1-3H3. The molecule has 28 heavy (non-hydrogen) atoms. The van der Waals surface area contributed by atoms with Gasteiger partial charge in [0.1, 0.15) is 5.76 Å². The van der Waals surface area contributed by atoms with Crippen LogP contribution in [-0.2, 0) is 9.53 Å². The van der Waals surface area contributed by atoms with E-state index in [0.717, 1.165) is 35.3 Å². The fraction of sp³-hybridized carbons (Fsp3) is 0.346. The van der Waals surface area contributed by atoms with E-state index in [0.29, 0.717) is 5.92 Å². The maximum atomic E-state index is 12.9. The van der Waals surface area contributed by atoms with Crippen LogP contribution in [-0.4, -0.2) is 5.97 Å². The number of benzene rings is 2. The molecule has 0 saturated heterocycles. The van der Waals surface area contributed by atoms with Gasteiger partial charge in [0, 0.05) is 17.1 Å². The van der Waals surface area contributed by atoms with Crippen molar-refractivity contribution in [2.75, 3.05) is 0 Å². The lowest BCUT2D eigenvalue weighted by atomic mass is 9.79. The Hall–Kier alpha value is -2.61. The lowest BCUT2D eigenvalue weighted by Gasteiger charge is -2.24. The second kappa shape index (κ2) is 7.43. The molecule has 0 radical (unpaired) electrons. The molecule has 2 aromatic rings. The molecule has 0 heterocycles. The summed E-state index contributed by atoms with van der Waals surface area (Å²) in [5.41, 5.74) is 5.53. The largest absolute Gasteiger partial charge is 0.425 e. The van der Waals surface area contributed by atoms with Gasteiger partial charge in [0.15, 0.2) is 0 Å². The Morgan fingerprint density at radius 2 is 1.50 bits per heavy atom. The molecule has 0 amide bonds. The van der Waals surface area contributed by atoms with Gasteiger partial charge in [0.25, 0.3) is 0 Å². The second-order valence-electron chi connectivity index (χ2n) is 8.81. The van der Waals surface area contributed by atoms with Crippen molar-refractivity contribution < 1.29 is 9.53 Å². The Morgan fingerprint density at radius 1 is 0.893 bits per heavy atom. The SMILES string of the molecule is CC(C)(C)C(=O)OC1=C(c2ccccc2)C2CCCCC2=C1c1ccccc1. The lowest BCUT2D eigenvalue weighted by molar-refractivity contribution is -0.147. The van der Waals surface area contributed by atoms with Crippen molar-refractivity contribution in [2.45, 2.75) is 46.5 Å². The second-order valence-corrected chi connectivity index (χ2v) is 8.81. The molecule has 2 heteroatoms. The van der Waals surface area contributed by atoms with Crippen LogP contribution in [0.4, 0.5) is 0 Å². The minimum atomic E-state index is -0.547. The Morgan fingerprint density at radius 3 is 2.11 bits per heavy atom. The molecule has 0 aromatic heterocycles. The van der Waals surface area contributed by atoms with Crippen molar-refractivity contribution >= 4 is 17.1 Å². The molecule has 2 aromatic carbocycles. The zero-order valence-electron chi connectivity index (χ0n) is 17.0. The number of fused-ring (bicyclic) bond motifs is 1. The summed E-state index contributed by atoms with van der Waals surface area (Å²) in [4.78, 5) is 12.9. The molecule has 0 aliphatic heterocycles. The molecule has 144 valence electrons. The summed E-state index contributed by atoms with van der Waals surface area (Å²) < 4.78 is 6.18. The number of carbonyl (C=O) groups is 1. The van der Waals surface area contributed by atoms with Crippen molar-refractivity contribution in [1.29, 1.82) is 0 Å². The minimum Gasteiger partial charge on any atom is -0.425 e. The first kappa shape index (κ1) is 18.7. The predicted molar refractivity (Wildman–Crippen MR) is 114 cm³/mol. The molecule has 1 fully saturated rings. The molecular formula is C26H28O2. The highest BCUT2D eigenvalue weighted by atomic mass is 16.5. The number of ether oxygens (including phenoxy) is 1. The molecular weight excluding hydrogens is 344 g/mol. The van der Waals surface area contributed by atoms with E-state index in [1.165, 1.54) is 24.0 Å². The molecule has 2 aliphatic carbocycles. The van der Waals surface area contributed by atoms with E-state index in [1.807, 2.05) is 32.9 Å². The Bertz CT molecular complexity index is 927. The number of allylic oxidation sites excluding steroid dienone is 3. The van der Waals surface area contributed by atoms with Crippen molar-refractivity contribution in [3.8, 4) is 0 Å². The van der Waals surface area contributed by atoms with Gasteiger partial charge in [-0.3, -0.25) is 4.79 Å². The van der Waals surface area contributed by atoms with Gasteiger partial charge in [-0.25, -0.2) is 0 Å². The Labute approximate surface area is 167 Å². The van der Waals surface area contributed by atoms with E-state index >= 15 is 0 Å². The summed E-state index contributed by atoms with van der Waals surface area (Å²) in [6.07, 6.45) is 4.60. The number of hydrogen-bond donors (Lipinski definition) is 0. The Balaban J connectivity index is 1.92. The van der Waals surface area contributed by atoms with Gasteiger partial charge in [0.05, 0.1) is 5.41 Å². The number of esters is 1. The predicted octanol–water partition coefficient (Wildman–Crippen LogP) is 6.64. The lowest BCUT2D eigenvalue weighted by Crippen LogP contribution is -2.23. The van der Waals surface area contributed by atoms with Gasteiger partial charge in [-0.1, -0.05) is 72.7 Å². The normalized spacial score (nSPS) is 19.6. The van der Waals surface area contributed by atoms with E-state index in [4.69, 9.17) is 4.74 Å². The van der Waals surface area contributed by atoms with E-state index in [9.17, 15) is 4.79 Å². The van der Waals surface area contributed by atoms with Crippen LogP contribution in [0.25, 0.3) is 11.1 Å². The molecule has 1 atom stereocenters. The van der Waals surface area contributed by atoms with Crippen molar-refractivity contribution in [3.05, 3.63) is 83.1 Å². The average molecular weight is 373 g/mol. The smallest absolute Gasteiger partial charge is 0.316 e. The van der Waals surface area contributed by atoms with Gasteiger partial charge in [-0.15, -0.1) is 0 Å². The zero-order valence-corrected chi connectivity index (χ0v) is 17.0. The van der Waals surface area contributed by atoms with E-state index in [1.54, 1.807) is 0 Å². The summed E-state index contributed by atoms with van der Waals surface area (Å²) in [5, 5.41) is 0. The monoisotopic (exact) mass is 372 g/mol. The number of rotatable bonds is 3. The van der Waals surface area contributed by atoms with Crippen LogP contribution in [0.15, 0.2) is 72.0 Å². The summed E-state index contributed by atoms with van der Waals surface area (Å²) >= 11 is 0. The first-order chi connectivity index (χ1) is 13.5. The van der Waals surface area contributed by atoms with Crippen molar-refractivity contribution in [1.82, 2.24) is 0 Å². The molecule has 0 bridgehead atoms. The highest BCUT2D eigenvalue weighted by Crippen LogP contribution is 2.53. The van der Waals surface area contributed by atoms with Crippen LogP contribution >= 0.6 is 0 Å². The van der Waals surface area contributed by atoms with Crippen LogP contribution < -0.4 is 0 Å². The first-order valence-electron chi connectivity index (χ1n) is 10.3. The van der Waals surface area contributed by atoms with Gasteiger partial charge in [-0.2, -0.15) is 0 Å². The van der Waals surface area contributed by atoms with Crippen molar-refractivity contribution in [3.63, 3.8) is 0 Å². The topological polar surface area (TPSA) is 26.3 Å². The van der Waals surface area contributed by atoms with Gasteiger partial charge < -0.3 is 4.74 Å². The maximum absolute atomic E-state index is 12.9. The molecule has 4 rings (SSSR count). The number of hydrogen-bond acceptors (Lipinski definition) is 2. The third-order valence-electron chi connectivity index (χ3n) is 5.71. The molecule has 0 spiro atoms.